The third kappa shape index (κ3) is 3.84. The number of amides is 2. The molecule has 2 aromatic rings. The molecule has 2 amide bonds. The molecule has 10 nitrogen and oxygen atoms in total. The predicted molar refractivity (Wildman–Crippen MR) is 101 cm³/mol. The Kier molecular flexibility index (Phi) is 5.41. The van der Waals surface area contributed by atoms with E-state index in [2.05, 4.69) is 5.43 Å². The largest absolute Gasteiger partial charge is 0.493 e. The Morgan fingerprint density at radius 3 is 2.62 bits per heavy atom. The maximum Gasteiger partial charge on any atom is 0.315 e. The van der Waals surface area contributed by atoms with Gasteiger partial charge in [0.25, 0.3) is 11.8 Å². The summed E-state index contributed by atoms with van der Waals surface area (Å²) in [4.78, 5) is 35.7. The minimum absolute atomic E-state index is 0.00734. The molecular formula is C19H14N4O6. The number of nitriles is 1. The Hall–Kier alpha value is -4.39. The second-order valence-corrected chi connectivity index (χ2v) is 5.75. The zero-order valence-corrected chi connectivity index (χ0v) is 15.1. The van der Waals surface area contributed by atoms with Gasteiger partial charge in [-0.3, -0.25) is 25.1 Å². The number of nitrogens with one attached hydrogen (secondary N) is 1. The lowest BCUT2D eigenvalue weighted by atomic mass is 10.1. The quantitative estimate of drug-likeness (QED) is 0.342. The molecule has 2 aromatic carbocycles. The van der Waals surface area contributed by atoms with Gasteiger partial charge in [0.2, 0.25) is 5.75 Å². The highest BCUT2D eigenvalue weighted by molar-refractivity contribution is 6.31. The van der Waals surface area contributed by atoms with Crippen LogP contribution in [0, 0.1) is 21.4 Å². The van der Waals surface area contributed by atoms with Crippen LogP contribution in [0.5, 0.6) is 11.5 Å². The summed E-state index contributed by atoms with van der Waals surface area (Å²) < 4.78 is 10.2. The second kappa shape index (κ2) is 8.10. The minimum Gasteiger partial charge on any atom is -0.493 e. The van der Waals surface area contributed by atoms with Gasteiger partial charge in [-0.15, -0.1) is 0 Å². The number of methoxy groups -OCH3 is 1. The number of nitro benzene ring substituents is 1. The van der Waals surface area contributed by atoms with Crippen LogP contribution < -0.4 is 19.9 Å². The number of hydrazine groups is 1. The highest BCUT2D eigenvalue weighted by atomic mass is 16.6. The van der Waals surface area contributed by atoms with Gasteiger partial charge in [0.05, 0.1) is 17.7 Å². The molecule has 10 heteroatoms. The molecule has 0 atom stereocenters. The van der Waals surface area contributed by atoms with Gasteiger partial charge in [0.1, 0.15) is 11.6 Å². The highest BCUT2D eigenvalue weighted by Gasteiger charge is 2.34. The van der Waals surface area contributed by atoms with Gasteiger partial charge in [-0.05, 0) is 29.8 Å². The van der Waals surface area contributed by atoms with Crippen molar-refractivity contribution in [1.29, 1.82) is 5.26 Å². The number of carbonyl (C=O) groups is 2. The summed E-state index contributed by atoms with van der Waals surface area (Å²) in [5, 5.41) is 21.2. The summed E-state index contributed by atoms with van der Waals surface area (Å²) in [6.45, 7) is -0.412. The SMILES string of the molecule is COc1cc(C=C2C(=O)NN(c3ccccc3)C2=O)cc([N+](=O)[O-])c1OCC#N. The minimum atomic E-state index is -0.704. The maximum atomic E-state index is 12.7. The summed E-state index contributed by atoms with van der Waals surface area (Å²) in [5.41, 5.74) is 2.44. The summed E-state index contributed by atoms with van der Waals surface area (Å²) in [6.07, 6.45) is 1.23. The normalized spacial score (nSPS) is 14.5. The van der Waals surface area contributed by atoms with Crippen LogP contribution in [0.3, 0.4) is 0 Å². The Balaban J connectivity index is 2.02. The van der Waals surface area contributed by atoms with Gasteiger partial charge in [-0.2, -0.15) is 5.26 Å². The van der Waals surface area contributed by atoms with Crippen molar-refractivity contribution in [2.24, 2.45) is 0 Å². The van der Waals surface area contributed by atoms with Crippen LogP contribution in [0.15, 0.2) is 48.0 Å². The highest BCUT2D eigenvalue weighted by Crippen LogP contribution is 2.39. The topological polar surface area (TPSA) is 135 Å². The van der Waals surface area contributed by atoms with Crippen LogP contribution in [-0.4, -0.2) is 30.5 Å². The summed E-state index contributed by atoms with van der Waals surface area (Å²) in [6, 6.07) is 12.7. The van der Waals surface area contributed by atoms with Crippen LogP contribution in [0.2, 0.25) is 0 Å². The lowest BCUT2D eigenvalue weighted by molar-refractivity contribution is -0.385. The number of hydrogen-bond acceptors (Lipinski definition) is 7. The Morgan fingerprint density at radius 2 is 2.00 bits per heavy atom. The van der Waals surface area contributed by atoms with E-state index in [4.69, 9.17) is 14.7 Å². The summed E-state index contributed by atoms with van der Waals surface area (Å²) in [5.74, 6) is -1.47. The fourth-order valence-electron chi connectivity index (χ4n) is 2.71. The number of para-hydroxylation sites is 1. The molecule has 0 spiro atoms. The van der Waals surface area contributed by atoms with Crippen LogP contribution >= 0.6 is 0 Å². The summed E-state index contributed by atoms with van der Waals surface area (Å²) >= 11 is 0. The molecule has 0 unspecified atom stereocenters. The molecule has 3 rings (SSSR count). The van der Waals surface area contributed by atoms with Crippen LogP contribution in [0.4, 0.5) is 11.4 Å². The number of rotatable bonds is 6. The van der Waals surface area contributed by atoms with E-state index in [1.54, 1.807) is 36.4 Å². The molecule has 1 N–H and O–H groups in total. The Morgan fingerprint density at radius 1 is 1.28 bits per heavy atom. The first-order chi connectivity index (χ1) is 14.0. The number of benzene rings is 2. The van der Waals surface area contributed by atoms with Crippen LogP contribution in [-0.2, 0) is 9.59 Å². The van der Waals surface area contributed by atoms with Gasteiger partial charge in [-0.25, -0.2) is 5.01 Å². The molecule has 1 aliphatic heterocycles. The third-order valence-corrected chi connectivity index (χ3v) is 3.97. The average molecular weight is 394 g/mol. The van der Waals surface area contributed by atoms with Crippen molar-refractivity contribution in [2.45, 2.75) is 0 Å². The molecule has 1 fully saturated rings. The smallest absolute Gasteiger partial charge is 0.315 e. The number of nitrogens with zero attached hydrogens (tertiary/aromatic N) is 3. The second-order valence-electron chi connectivity index (χ2n) is 5.75. The van der Waals surface area contributed by atoms with E-state index in [-0.39, 0.29) is 22.6 Å². The van der Waals surface area contributed by atoms with E-state index in [0.29, 0.717) is 5.69 Å². The van der Waals surface area contributed by atoms with Gasteiger partial charge in [0, 0.05) is 6.07 Å². The number of nitro groups is 1. The van der Waals surface area contributed by atoms with Crippen molar-refractivity contribution in [3.63, 3.8) is 0 Å². The molecule has 1 heterocycles. The van der Waals surface area contributed by atoms with Gasteiger partial charge >= 0.3 is 5.69 Å². The van der Waals surface area contributed by atoms with Crippen LogP contribution in [0.1, 0.15) is 5.56 Å². The van der Waals surface area contributed by atoms with E-state index >= 15 is 0 Å². The molecule has 0 aromatic heterocycles. The Bertz CT molecular complexity index is 1060. The monoisotopic (exact) mass is 394 g/mol. The van der Waals surface area contributed by atoms with E-state index in [1.165, 1.54) is 19.3 Å². The fourth-order valence-corrected chi connectivity index (χ4v) is 2.71. The van der Waals surface area contributed by atoms with Crippen LogP contribution in [0.25, 0.3) is 6.08 Å². The molecule has 146 valence electrons. The van der Waals surface area contributed by atoms with Crippen molar-refractivity contribution in [3.05, 3.63) is 63.7 Å². The zero-order valence-electron chi connectivity index (χ0n) is 15.1. The average Bonchev–Trinajstić information content (AvgIpc) is 3.00. The molecule has 0 aliphatic carbocycles. The van der Waals surface area contributed by atoms with Gasteiger partial charge in [-0.1, -0.05) is 18.2 Å². The van der Waals surface area contributed by atoms with E-state index < -0.39 is 29.0 Å². The summed E-state index contributed by atoms with van der Waals surface area (Å²) in [7, 11) is 1.28. The third-order valence-electron chi connectivity index (χ3n) is 3.97. The van der Waals surface area contributed by atoms with Crippen molar-refractivity contribution in [2.75, 3.05) is 18.7 Å². The molecule has 29 heavy (non-hydrogen) atoms. The molecule has 1 saturated heterocycles. The van der Waals surface area contributed by atoms with E-state index in [0.717, 1.165) is 11.1 Å². The maximum absolute atomic E-state index is 12.7. The molecule has 1 aliphatic rings. The van der Waals surface area contributed by atoms with E-state index in [1.807, 2.05) is 0 Å². The number of carbonyl (C=O) groups excluding carboxylic acids is 2. The number of anilines is 1. The van der Waals surface area contributed by atoms with Crippen molar-refractivity contribution < 1.29 is 24.0 Å². The number of ether oxygens (including phenoxy) is 2. The predicted octanol–water partition coefficient (Wildman–Crippen LogP) is 1.97. The van der Waals surface area contributed by atoms with Crippen molar-refractivity contribution in [1.82, 2.24) is 5.43 Å². The first-order valence-corrected chi connectivity index (χ1v) is 8.24. The van der Waals surface area contributed by atoms with Gasteiger partial charge in [0.15, 0.2) is 12.4 Å². The molecule has 0 radical (unpaired) electrons. The van der Waals surface area contributed by atoms with Crippen molar-refractivity contribution >= 4 is 29.3 Å². The first-order valence-electron chi connectivity index (χ1n) is 8.24. The standard InChI is InChI=1S/C19H14N4O6/c1-28-16-11-12(10-15(23(26)27)17(16)29-8-7-20)9-14-18(24)21-22(19(14)25)13-5-3-2-4-6-13/h2-6,9-11H,8H2,1H3,(H,21,24). The van der Waals surface area contributed by atoms with Gasteiger partial charge < -0.3 is 9.47 Å². The lowest BCUT2D eigenvalue weighted by Gasteiger charge is -2.13. The van der Waals surface area contributed by atoms with E-state index in [9.17, 15) is 19.7 Å². The lowest BCUT2D eigenvalue weighted by Crippen LogP contribution is -2.35. The molecule has 0 bridgehead atoms. The number of hydrogen-bond donors (Lipinski definition) is 1. The first kappa shape index (κ1) is 19.4. The Labute approximate surface area is 164 Å². The molecular weight excluding hydrogens is 380 g/mol. The van der Waals surface area contributed by atoms with Crippen molar-refractivity contribution in [3.8, 4) is 17.6 Å². The zero-order chi connectivity index (χ0) is 21.0. The fraction of sp³-hybridized carbons (Fsp3) is 0.105. The molecule has 0 saturated carbocycles.